The normalized spacial score (nSPS) is 15.7. The Morgan fingerprint density at radius 2 is 2.03 bits per heavy atom. The van der Waals surface area contributed by atoms with Gasteiger partial charge in [-0.25, -0.2) is 9.59 Å². The maximum atomic E-state index is 12.3. The average molecular weight is 443 g/mol. The lowest BCUT2D eigenvalue weighted by Crippen LogP contribution is -2.40. The number of alkyl carbamates (subject to hydrolysis) is 1. The molecule has 0 saturated carbocycles. The van der Waals surface area contributed by atoms with E-state index in [-0.39, 0.29) is 12.6 Å². The highest BCUT2D eigenvalue weighted by Gasteiger charge is 2.25. The second kappa shape index (κ2) is 11.1. The second-order valence-corrected chi connectivity index (χ2v) is 8.68. The van der Waals surface area contributed by atoms with Gasteiger partial charge in [-0.05, 0) is 71.6 Å². The Balaban J connectivity index is 2.29. The highest BCUT2D eigenvalue weighted by molar-refractivity contribution is 5.93. The molecule has 0 heterocycles. The third-order valence-electron chi connectivity index (χ3n) is 5.16. The summed E-state index contributed by atoms with van der Waals surface area (Å²) < 4.78 is 10.3. The van der Waals surface area contributed by atoms with E-state index in [1.807, 2.05) is 33.8 Å². The standard InChI is InChI=1S/C25H34N2O5/c1-7-27(20-12-10-19(11-13-20)26-24(30)32-25(3,4)5)22-16-18(9-8-14-28)15-21(17(22)2)23(29)31-6/h12,15-16,19,28H,7,10-11,13-14H2,1-6H3,(H,26,30)/t19-/m1/s1. The number of hydrogen-bond acceptors (Lipinski definition) is 6. The molecule has 1 aliphatic rings. The topological polar surface area (TPSA) is 88.1 Å². The van der Waals surface area contributed by atoms with E-state index in [0.29, 0.717) is 24.1 Å². The molecule has 174 valence electrons. The lowest BCUT2D eigenvalue weighted by Gasteiger charge is -2.33. The third kappa shape index (κ3) is 6.76. The minimum Gasteiger partial charge on any atom is -0.465 e. The molecule has 2 rings (SSSR count). The summed E-state index contributed by atoms with van der Waals surface area (Å²) >= 11 is 0. The Morgan fingerprint density at radius 3 is 2.56 bits per heavy atom. The monoisotopic (exact) mass is 442 g/mol. The van der Waals surface area contributed by atoms with E-state index < -0.39 is 17.7 Å². The first kappa shape index (κ1) is 25.3. The van der Waals surface area contributed by atoms with E-state index in [0.717, 1.165) is 29.8 Å². The number of carbonyl (C=O) groups is 2. The molecule has 1 aromatic rings. The Morgan fingerprint density at radius 1 is 1.31 bits per heavy atom. The largest absolute Gasteiger partial charge is 0.465 e. The number of carbonyl (C=O) groups excluding carboxylic acids is 2. The van der Waals surface area contributed by atoms with Gasteiger partial charge in [0.1, 0.15) is 12.2 Å². The minimum atomic E-state index is -0.530. The number of anilines is 1. The first-order valence-corrected chi connectivity index (χ1v) is 10.9. The van der Waals surface area contributed by atoms with Crippen LogP contribution in [0.2, 0.25) is 0 Å². The number of rotatable bonds is 5. The van der Waals surface area contributed by atoms with Crippen molar-refractivity contribution in [2.75, 3.05) is 25.2 Å². The molecule has 1 aromatic carbocycles. The van der Waals surface area contributed by atoms with Gasteiger partial charge in [-0.1, -0.05) is 17.9 Å². The fourth-order valence-electron chi connectivity index (χ4n) is 3.71. The van der Waals surface area contributed by atoms with Crippen LogP contribution >= 0.6 is 0 Å². The van der Waals surface area contributed by atoms with Gasteiger partial charge in [0.15, 0.2) is 0 Å². The molecule has 1 aliphatic carbocycles. The summed E-state index contributed by atoms with van der Waals surface area (Å²) in [4.78, 5) is 26.6. The summed E-state index contributed by atoms with van der Waals surface area (Å²) in [5, 5.41) is 12.0. The highest BCUT2D eigenvalue weighted by Crippen LogP contribution is 2.32. The summed E-state index contributed by atoms with van der Waals surface area (Å²) in [5.74, 6) is 5.11. The zero-order valence-corrected chi connectivity index (χ0v) is 19.9. The van der Waals surface area contributed by atoms with Crippen molar-refractivity contribution in [2.45, 2.75) is 65.5 Å². The third-order valence-corrected chi connectivity index (χ3v) is 5.16. The lowest BCUT2D eigenvalue weighted by molar-refractivity contribution is 0.0500. The van der Waals surface area contributed by atoms with E-state index >= 15 is 0 Å². The zero-order chi connectivity index (χ0) is 23.9. The highest BCUT2D eigenvalue weighted by atomic mass is 16.6. The van der Waals surface area contributed by atoms with E-state index in [1.54, 1.807) is 6.07 Å². The molecule has 1 atom stereocenters. The fraction of sp³-hybridized carbons (Fsp3) is 0.520. The molecule has 0 fully saturated rings. The number of nitrogens with zero attached hydrogens (tertiary/aromatic N) is 1. The number of allylic oxidation sites excluding steroid dienone is 1. The molecule has 0 spiro atoms. The van der Waals surface area contributed by atoms with Crippen LogP contribution in [0.1, 0.15) is 68.4 Å². The molecule has 32 heavy (non-hydrogen) atoms. The molecular formula is C25H34N2O5. The minimum absolute atomic E-state index is 0.0146. The maximum absolute atomic E-state index is 12.3. The molecule has 0 saturated heterocycles. The van der Waals surface area contributed by atoms with Crippen molar-refractivity contribution in [3.63, 3.8) is 0 Å². The first-order chi connectivity index (χ1) is 15.1. The Kier molecular flexibility index (Phi) is 8.73. The van der Waals surface area contributed by atoms with Gasteiger partial charge in [0, 0.05) is 29.5 Å². The Labute approximate surface area is 190 Å². The molecule has 2 N–H and O–H groups in total. The van der Waals surface area contributed by atoms with Crippen LogP contribution in [0.3, 0.4) is 0 Å². The molecule has 1 amide bonds. The van der Waals surface area contributed by atoms with Crippen LogP contribution in [-0.4, -0.2) is 49.1 Å². The fourth-order valence-corrected chi connectivity index (χ4v) is 3.71. The summed E-state index contributed by atoms with van der Waals surface area (Å²) in [6.07, 6.45) is 3.97. The van der Waals surface area contributed by atoms with Crippen molar-refractivity contribution in [1.82, 2.24) is 5.32 Å². The summed E-state index contributed by atoms with van der Waals surface area (Å²) in [6, 6.07) is 3.64. The van der Waals surface area contributed by atoms with Crippen LogP contribution in [0.25, 0.3) is 0 Å². The average Bonchev–Trinajstić information content (AvgIpc) is 2.73. The number of aliphatic hydroxyl groups is 1. The van der Waals surface area contributed by atoms with Crippen molar-refractivity contribution >= 4 is 17.7 Å². The van der Waals surface area contributed by atoms with Crippen molar-refractivity contribution in [1.29, 1.82) is 0 Å². The van der Waals surface area contributed by atoms with E-state index in [4.69, 9.17) is 14.6 Å². The predicted molar refractivity (Wildman–Crippen MR) is 125 cm³/mol. The number of benzene rings is 1. The molecule has 7 nitrogen and oxygen atoms in total. The van der Waals surface area contributed by atoms with E-state index in [9.17, 15) is 9.59 Å². The van der Waals surface area contributed by atoms with Crippen molar-refractivity contribution in [2.24, 2.45) is 0 Å². The van der Waals surface area contributed by atoms with E-state index in [1.165, 1.54) is 7.11 Å². The second-order valence-electron chi connectivity index (χ2n) is 8.68. The summed E-state index contributed by atoms with van der Waals surface area (Å²) in [6.45, 7) is 9.91. The predicted octanol–water partition coefficient (Wildman–Crippen LogP) is 3.91. The maximum Gasteiger partial charge on any atom is 0.407 e. The molecule has 0 radical (unpaired) electrons. The van der Waals surface area contributed by atoms with Crippen LogP contribution in [0.15, 0.2) is 23.9 Å². The first-order valence-electron chi connectivity index (χ1n) is 10.9. The molecule has 0 unspecified atom stereocenters. The van der Waals surface area contributed by atoms with Crippen molar-refractivity contribution < 1.29 is 24.2 Å². The van der Waals surface area contributed by atoms with Gasteiger partial charge in [-0.2, -0.15) is 0 Å². The van der Waals surface area contributed by atoms with Crippen LogP contribution in [0, 0.1) is 18.8 Å². The van der Waals surface area contributed by atoms with Gasteiger partial charge < -0.3 is 24.8 Å². The number of ether oxygens (including phenoxy) is 2. The van der Waals surface area contributed by atoms with Gasteiger partial charge in [0.2, 0.25) is 0 Å². The zero-order valence-electron chi connectivity index (χ0n) is 19.9. The number of amides is 1. The SMILES string of the molecule is CCN(C1=CC[C@@H](NC(=O)OC(C)(C)C)CC1)c1cc(C#CCO)cc(C(=O)OC)c1C. The Hall–Kier alpha value is -2.98. The van der Waals surface area contributed by atoms with Crippen molar-refractivity contribution in [3.8, 4) is 11.8 Å². The molecular weight excluding hydrogens is 408 g/mol. The molecule has 7 heteroatoms. The lowest BCUT2D eigenvalue weighted by atomic mass is 9.96. The number of aliphatic hydroxyl groups excluding tert-OH is 1. The smallest absolute Gasteiger partial charge is 0.407 e. The number of nitrogens with one attached hydrogen (secondary N) is 1. The summed E-state index contributed by atoms with van der Waals surface area (Å²) in [7, 11) is 1.35. The van der Waals surface area contributed by atoms with E-state index in [2.05, 4.69) is 35.1 Å². The quantitative estimate of drug-likeness (QED) is 0.531. The Bertz CT molecular complexity index is 934. The van der Waals surface area contributed by atoms with Gasteiger partial charge in [-0.15, -0.1) is 0 Å². The van der Waals surface area contributed by atoms with Crippen molar-refractivity contribution in [3.05, 3.63) is 40.6 Å². The van der Waals surface area contributed by atoms with Crippen LogP contribution in [0.4, 0.5) is 10.5 Å². The van der Waals surface area contributed by atoms with Crippen LogP contribution in [0.5, 0.6) is 0 Å². The molecule has 0 aromatic heterocycles. The molecule has 0 bridgehead atoms. The number of methoxy groups -OCH3 is 1. The van der Waals surface area contributed by atoms with Crippen LogP contribution in [-0.2, 0) is 9.47 Å². The van der Waals surface area contributed by atoms with Gasteiger partial charge in [0.05, 0.1) is 12.7 Å². The van der Waals surface area contributed by atoms with Gasteiger partial charge in [-0.3, -0.25) is 0 Å². The summed E-state index contributed by atoms with van der Waals surface area (Å²) in [5.41, 5.74) is 3.37. The van der Waals surface area contributed by atoms with Crippen LogP contribution < -0.4 is 10.2 Å². The number of esters is 1. The van der Waals surface area contributed by atoms with Gasteiger partial charge in [0.25, 0.3) is 0 Å². The molecule has 0 aliphatic heterocycles. The van der Waals surface area contributed by atoms with Gasteiger partial charge >= 0.3 is 12.1 Å². The number of hydrogen-bond donors (Lipinski definition) is 2.